The monoisotopic (exact) mass is 190 g/mol. The van der Waals surface area contributed by atoms with Crippen molar-refractivity contribution in [1.29, 1.82) is 0 Å². The summed E-state index contributed by atoms with van der Waals surface area (Å²) >= 11 is 0. The Hall–Kier alpha value is -1.22. The number of rotatable bonds is 2. The molecule has 68 valence electrons. The van der Waals surface area contributed by atoms with Crippen LogP contribution in [0, 0.1) is 0 Å². The Morgan fingerprint density at radius 1 is 0.692 bits per heavy atom. The van der Waals surface area contributed by atoms with Crippen molar-refractivity contribution in [3.05, 3.63) is 49.1 Å². The van der Waals surface area contributed by atoms with Crippen LogP contribution in [0.2, 0.25) is 13.1 Å². The Morgan fingerprint density at radius 3 is 1.31 bits per heavy atom. The van der Waals surface area contributed by atoms with Crippen LogP contribution in [0.1, 0.15) is 0 Å². The molecule has 3 heteroatoms. The van der Waals surface area contributed by atoms with Gasteiger partial charge in [-0.3, -0.25) is 0 Å². The minimum atomic E-state index is -1.52. The van der Waals surface area contributed by atoms with Crippen molar-refractivity contribution in [2.45, 2.75) is 13.1 Å². The summed E-state index contributed by atoms with van der Waals surface area (Å²) in [5, 5.41) is 0. The normalized spacial score (nSPS) is 11.8. The molecule has 2 nitrogen and oxygen atoms in total. The lowest BCUT2D eigenvalue weighted by Crippen LogP contribution is -2.43. The molecule has 0 unspecified atom stereocenters. The Kier molecular flexibility index (Phi) is 1.88. The third-order valence-electron chi connectivity index (χ3n) is 2.47. The Morgan fingerprint density at radius 2 is 1.00 bits per heavy atom. The predicted octanol–water partition coefficient (Wildman–Crippen LogP) is 2.39. The van der Waals surface area contributed by atoms with Crippen LogP contribution in [0.25, 0.3) is 0 Å². The van der Waals surface area contributed by atoms with Gasteiger partial charge in [-0.15, -0.1) is 0 Å². The fraction of sp³-hybridized carbons (Fsp3) is 0.200. The predicted molar refractivity (Wildman–Crippen MR) is 57.1 cm³/mol. The summed E-state index contributed by atoms with van der Waals surface area (Å²) in [6, 6.07) is 8.33. The first-order valence-corrected chi connectivity index (χ1v) is 7.37. The molecule has 2 heterocycles. The molecule has 0 aliphatic rings. The van der Waals surface area contributed by atoms with Gasteiger partial charge in [0, 0.05) is 0 Å². The van der Waals surface area contributed by atoms with E-state index in [2.05, 4.69) is 70.6 Å². The van der Waals surface area contributed by atoms with Gasteiger partial charge in [-0.05, 0) is 62.1 Å². The van der Waals surface area contributed by atoms with E-state index >= 15 is 0 Å². The average molecular weight is 190 g/mol. The smallest absolute Gasteiger partial charge is 0.265 e. The van der Waals surface area contributed by atoms with Gasteiger partial charge in [0.15, 0.2) is 0 Å². The molecule has 0 N–H and O–H groups in total. The molecule has 0 aliphatic heterocycles. The lowest BCUT2D eigenvalue weighted by atomic mass is 10.7. The van der Waals surface area contributed by atoms with Gasteiger partial charge in [0.05, 0.1) is 0 Å². The highest BCUT2D eigenvalue weighted by molar-refractivity contribution is 6.74. The van der Waals surface area contributed by atoms with Crippen LogP contribution >= 0.6 is 0 Å². The Bertz CT molecular complexity index is 323. The molecule has 0 saturated heterocycles. The maximum atomic E-state index is 2.33. The van der Waals surface area contributed by atoms with Gasteiger partial charge in [0.2, 0.25) is 0 Å². The second kappa shape index (κ2) is 2.92. The summed E-state index contributed by atoms with van der Waals surface area (Å²) < 4.78 is 4.65. The minimum absolute atomic E-state index is 1.52. The van der Waals surface area contributed by atoms with Crippen LogP contribution in [0.3, 0.4) is 0 Å². The zero-order chi connectivity index (χ0) is 9.31. The highest BCUT2D eigenvalue weighted by Crippen LogP contribution is 2.10. The van der Waals surface area contributed by atoms with Crippen molar-refractivity contribution >= 4 is 8.40 Å². The van der Waals surface area contributed by atoms with Crippen molar-refractivity contribution in [2.24, 2.45) is 0 Å². The highest BCUT2D eigenvalue weighted by Gasteiger charge is 2.24. The van der Waals surface area contributed by atoms with Gasteiger partial charge >= 0.3 is 0 Å². The fourth-order valence-electron chi connectivity index (χ4n) is 1.53. The number of nitrogens with zero attached hydrogens (tertiary/aromatic N) is 2. The largest absolute Gasteiger partial charge is 0.363 e. The van der Waals surface area contributed by atoms with E-state index < -0.39 is 8.40 Å². The van der Waals surface area contributed by atoms with Gasteiger partial charge in [0.25, 0.3) is 8.40 Å². The summed E-state index contributed by atoms with van der Waals surface area (Å²) in [5.41, 5.74) is 0. The van der Waals surface area contributed by atoms with Crippen LogP contribution in [0.5, 0.6) is 0 Å². The summed E-state index contributed by atoms with van der Waals surface area (Å²) in [5.74, 6) is 0. The van der Waals surface area contributed by atoms with Crippen LogP contribution in [-0.2, 0) is 0 Å². The first-order valence-electron chi connectivity index (χ1n) is 4.48. The van der Waals surface area contributed by atoms with E-state index in [0.29, 0.717) is 0 Å². The summed E-state index contributed by atoms with van der Waals surface area (Å²) in [4.78, 5) is 0. The van der Waals surface area contributed by atoms with Crippen molar-refractivity contribution in [3.8, 4) is 0 Å². The summed E-state index contributed by atoms with van der Waals surface area (Å²) in [7, 11) is -1.52. The van der Waals surface area contributed by atoms with Crippen LogP contribution in [0.4, 0.5) is 0 Å². The molecule has 0 atom stereocenters. The number of hydrogen-bond acceptors (Lipinski definition) is 0. The molecule has 2 rings (SSSR count). The van der Waals surface area contributed by atoms with Crippen molar-refractivity contribution < 1.29 is 0 Å². The molecule has 2 aromatic rings. The molecule has 2 aromatic heterocycles. The molecule has 0 fully saturated rings. The van der Waals surface area contributed by atoms with E-state index in [1.165, 1.54) is 0 Å². The third-order valence-corrected chi connectivity index (χ3v) is 5.60. The van der Waals surface area contributed by atoms with Crippen LogP contribution in [0.15, 0.2) is 49.1 Å². The van der Waals surface area contributed by atoms with E-state index in [-0.39, 0.29) is 0 Å². The van der Waals surface area contributed by atoms with Crippen LogP contribution < -0.4 is 0 Å². The molecule has 0 aliphatic carbocycles. The lowest BCUT2D eigenvalue weighted by Gasteiger charge is -2.25. The molecule has 13 heavy (non-hydrogen) atoms. The lowest BCUT2D eigenvalue weighted by molar-refractivity contribution is 1.01. The highest BCUT2D eigenvalue weighted by atomic mass is 28.3. The standard InChI is InChI=1S/C10H14N2Si/c1-13(2,11-7-3-4-8-11)12-9-5-6-10-12/h3-10H,1-2H3. The van der Waals surface area contributed by atoms with Gasteiger partial charge in [0.1, 0.15) is 0 Å². The quantitative estimate of drug-likeness (QED) is 0.644. The first-order chi connectivity index (χ1) is 6.21. The van der Waals surface area contributed by atoms with E-state index in [0.717, 1.165) is 0 Å². The maximum Gasteiger partial charge on any atom is 0.265 e. The molecular weight excluding hydrogens is 176 g/mol. The second-order valence-electron chi connectivity index (χ2n) is 3.68. The summed E-state index contributed by atoms with van der Waals surface area (Å²) in [6.07, 6.45) is 8.58. The number of aromatic nitrogens is 2. The summed E-state index contributed by atoms with van der Waals surface area (Å²) in [6.45, 7) is 4.65. The molecule has 0 spiro atoms. The zero-order valence-electron chi connectivity index (χ0n) is 8.01. The fourth-order valence-corrected chi connectivity index (χ4v) is 3.60. The first kappa shape index (κ1) is 8.38. The van der Waals surface area contributed by atoms with E-state index in [1.807, 2.05) is 0 Å². The minimum Gasteiger partial charge on any atom is -0.363 e. The zero-order valence-corrected chi connectivity index (χ0v) is 9.01. The Labute approximate surface area is 79.6 Å². The van der Waals surface area contributed by atoms with Gasteiger partial charge in [-0.1, -0.05) is 0 Å². The Balaban J connectivity index is 2.42. The molecule has 0 saturated carbocycles. The topological polar surface area (TPSA) is 9.86 Å². The van der Waals surface area contributed by atoms with Crippen molar-refractivity contribution in [3.63, 3.8) is 0 Å². The average Bonchev–Trinajstić information content (AvgIpc) is 2.78. The molecule has 0 amide bonds. The van der Waals surface area contributed by atoms with Crippen molar-refractivity contribution in [1.82, 2.24) is 8.47 Å². The van der Waals surface area contributed by atoms with E-state index in [1.54, 1.807) is 0 Å². The SMILES string of the molecule is C[Si](C)(n1cccc1)n1cccc1. The second-order valence-corrected chi connectivity index (χ2v) is 7.70. The number of hydrogen-bond donors (Lipinski definition) is 0. The molecule has 0 aromatic carbocycles. The van der Waals surface area contributed by atoms with E-state index in [4.69, 9.17) is 0 Å². The maximum absolute atomic E-state index is 2.33. The van der Waals surface area contributed by atoms with Gasteiger partial charge < -0.3 is 8.47 Å². The molecule has 0 radical (unpaired) electrons. The molecule has 0 bridgehead atoms. The van der Waals surface area contributed by atoms with Gasteiger partial charge in [-0.2, -0.15) is 0 Å². The van der Waals surface area contributed by atoms with E-state index in [9.17, 15) is 0 Å². The van der Waals surface area contributed by atoms with Gasteiger partial charge in [-0.25, -0.2) is 0 Å². The molecular formula is C10H14N2Si. The third kappa shape index (κ3) is 1.35. The van der Waals surface area contributed by atoms with Crippen molar-refractivity contribution in [2.75, 3.05) is 0 Å². The van der Waals surface area contributed by atoms with Crippen LogP contribution in [-0.4, -0.2) is 16.9 Å².